The molecule has 5 aromatic rings. The van der Waals surface area contributed by atoms with Crippen LogP contribution in [0.2, 0.25) is 0 Å². The molecule has 3 aromatic carbocycles. The second-order valence-corrected chi connectivity index (χ2v) is 8.85. The van der Waals surface area contributed by atoms with E-state index < -0.39 is 0 Å². The number of hydrogen-bond donors (Lipinski definition) is 2. The number of rotatable bonds is 7. The molecule has 2 N–H and O–H groups in total. The molecule has 0 radical (unpaired) electrons. The van der Waals surface area contributed by atoms with Crippen molar-refractivity contribution in [2.45, 2.75) is 31.6 Å². The number of aromatic nitrogens is 2. The fraction of sp³-hybridized carbons (Fsp3) is 0.167. The summed E-state index contributed by atoms with van der Waals surface area (Å²) < 4.78 is 0. The number of unbranched alkanes of at least 4 members (excludes halogenated alkanes) is 2. The van der Waals surface area contributed by atoms with E-state index in [1.165, 1.54) is 56.9 Å². The van der Waals surface area contributed by atoms with Gasteiger partial charge in [0.05, 0.1) is 5.69 Å². The standard InChI is InChI=1S/C30H27N3/c1(2-10-21-18-31-28-15-7-4-11-22(21)28)3-12-23(26-19-32-29-16-8-5-13-24(26)29)27-20-33-30-17-9-6-14-25(27)30/h4-11,13-20,23,32-33H,1-3,12H2/b21-10+. The molecule has 0 atom stereocenters. The number of nitrogens with zero attached hydrogens (tertiary/aromatic N) is 1. The van der Waals surface area contributed by atoms with Crippen LogP contribution >= 0.6 is 0 Å². The average molecular weight is 430 g/mol. The number of hydrogen-bond acceptors (Lipinski definition) is 1. The Morgan fingerprint density at radius 3 is 2.09 bits per heavy atom. The molecule has 2 aromatic heterocycles. The maximum atomic E-state index is 4.53. The molecule has 0 saturated heterocycles. The lowest BCUT2D eigenvalue weighted by molar-refractivity contribution is 0.636. The fourth-order valence-electron chi connectivity index (χ4n) is 5.20. The average Bonchev–Trinajstić information content (AvgIpc) is 3.59. The Morgan fingerprint density at radius 2 is 1.36 bits per heavy atom. The van der Waals surface area contributed by atoms with Crippen LogP contribution in [0.5, 0.6) is 0 Å². The first-order valence-corrected chi connectivity index (χ1v) is 11.8. The van der Waals surface area contributed by atoms with Crippen molar-refractivity contribution in [3.8, 4) is 0 Å². The van der Waals surface area contributed by atoms with Crippen molar-refractivity contribution in [3.63, 3.8) is 0 Å². The van der Waals surface area contributed by atoms with Gasteiger partial charge in [0.2, 0.25) is 0 Å². The maximum absolute atomic E-state index is 4.53. The van der Waals surface area contributed by atoms with Gasteiger partial charge < -0.3 is 9.97 Å². The minimum absolute atomic E-state index is 0.360. The highest BCUT2D eigenvalue weighted by Gasteiger charge is 2.21. The highest BCUT2D eigenvalue weighted by Crippen LogP contribution is 2.38. The van der Waals surface area contributed by atoms with Gasteiger partial charge in [-0.15, -0.1) is 0 Å². The SMILES string of the molecule is C1=Nc2ccccc2/C1=C/CCCCC(c1c[nH]c2ccccc12)c1c[nH]c2ccccc12. The lowest BCUT2D eigenvalue weighted by Gasteiger charge is -2.16. The van der Waals surface area contributed by atoms with E-state index in [-0.39, 0.29) is 0 Å². The van der Waals surface area contributed by atoms with Gasteiger partial charge in [0.25, 0.3) is 0 Å². The van der Waals surface area contributed by atoms with Gasteiger partial charge in [-0.25, -0.2) is 0 Å². The third kappa shape index (κ3) is 3.70. The van der Waals surface area contributed by atoms with Gasteiger partial charge in [0, 0.05) is 51.9 Å². The molecule has 1 aliphatic rings. The van der Waals surface area contributed by atoms with Crippen molar-refractivity contribution < 1.29 is 0 Å². The van der Waals surface area contributed by atoms with Crippen molar-refractivity contribution >= 4 is 39.3 Å². The summed E-state index contributed by atoms with van der Waals surface area (Å²) in [6.07, 6.45) is 13.3. The second kappa shape index (κ2) is 8.59. The van der Waals surface area contributed by atoms with Gasteiger partial charge in [0.1, 0.15) is 0 Å². The van der Waals surface area contributed by atoms with E-state index in [0.29, 0.717) is 5.92 Å². The zero-order chi connectivity index (χ0) is 22.0. The fourth-order valence-corrected chi connectivity index (χ4v) is 5.20. The smallest absolute Gasteiger partial charge is 0.0708 e. The second-order valence-electron chi connectivity index (χ2n) is 8.85. The van der Waals surface area contributed by atoms with Crippen LogP contribution in [0.15, 0.2) is 96.3 Å². The van der Waals surface area contributed by atoms with Gasteiger partial charge in [-0.1, -0.05) is 67.1 Å². The quantitative estimate of drug-likeness (QED) is 0.245. The van der Waals surface area contributed by atoms with Crippen LogP contribution in [0, 0.1) is 0 Å². The number of aromatic amines is 2. The van der Waals surface area contributed by atoms with E-state index in [1.807, 2.05) is 6.21 Å². The summed E-state index contributed by atoms with van der Waals surface area (Å²) in [6.45, 7) is 0. The first kappa shape index (κ1) is 19.8. The lowest BCUT2D eigenvalue weighted by atomic mass is 9.86. The number of aliphatic imine (C=N–C) groups is 1. The van der Waals surface area contributed by atoms with Crippen LogP contribution in [0.25, 0.3) is 27.4 Å². The number of benzene rings is 3. The topological polar surface area (TPSA) is 43.9 Å². The number of nitrogens with one attached hydrogen (secondary N) is 2. The first-order valence-electron chi connectivity index (χ1n) is 11.8. The predicted molar refractivity (Wildman–Crippen MR) is 139 cm³/mol. The third-order valence-electron chi connectivity index (χ3n) is 6.86. The molecule has 0 bridgehead atoms. The summed E-state index contributed by atoms with van der Waals surface area (Å²) in [4.78, 5) is 11.5. The molecule has 0 fully saturated rings. The summed E-state index contributed by atoms with van der Waals surface area (Å²) in [7, 11) is 0. The molecule has 0 saturated carbocycles. The van der Waals surface area contributed by atoms with Crippen LogP contribution in [0.1, 0.15) is 48.3 Å². The van der Waals surface area contributed by atoms with Crippen LogP contribution in [0.4, 0.5) is 5.69 Å². The highest BCUT2D eigenvalue weighted by atomic mass is 14.8. The van der Waals surface area contributed by atoms with E-state index in [2.05, 4.69) is 106 Å². The van der Waals surface area contributed by atoms with Crippen molar-refractivity contribution in [3.05, 3.63) is 108 Å². The summed E-state index contributed by atoms with van der Waals surface area (Å²) in [6, 6.07) is 25.7. The molecular weight excluding hydrogens is 402 g/mol. The zero-order valence-corrected chi connectivity index (χ0v) is 18.6. The molecule has 0 spiro atoms. The van der Waals surface area contributed by atoms with Crippen molar-refractivity contribution in [1.82, 2.24) is 9.97 Å². The minimum Gasteiger partial charge on any atom is -0.361 e. The molecule has 0 aliphatic carbocycles. The molecule has 3 nitrogen and oxygen atoms in total. The third-order valence-corrected chi connectivity index (χ3v) is 6.86. The van der Waals surface area contributed by atoms with Crippen molar-refractivity contribution in [1.29, 1.82) is 0 Å². The summed E-state index contributed by atoms with van der Waals surface area (Å²) in [5.41, 5.74) is 8.81. The number of para-hydroxylation sites is 3. The Hall–Kier alpha value is -3.85. The van der Waals surface area contributed by atoms with Gasteiger partial charge in [-0.2, -0.15) is 0 Å². The van der Waals surface area contributed by atoms with Crippen molar-refractivity contribution in [2.75, 3.05) is 0 Å². The van der Waals surface area contributed by atoms with Gasteiger partial charge in [-0.3, -0.25) is 4.99 Å². The predicted octanol–water partition coefficient (Wildman–Crippen LogP) is 8.14. The molecular formula is C30H27N3. The van der Waals surface area contributed by atoms with E-state index in [1.54, 1.807) is 0 Å². The Balaban J connectivity index is 1.23. The van der Waals surface area contributed by atoms with Gasteiger partial charge in [0.15, 0.2) is 0 Å². The molecule has 6 rings (SSSR count). The minimum atomic E-state index is 0.360. The van der Waals surface area contributed by atoms with Crippen molar-refractivity contribution in [2.24, 2.45) is 4.99 Å². The summed E-state index contributed by atoms with van der Waals surface area (Å²) in [5.74, 6) is 0.360. The Morgan fingerprint density at radius 1 is 0.727 bits per heavy atom. The van der Waals surface area contributed by atoms with Crippen LogP contribution in [0.3, 0.4) is 0 Å². The Bertz CT molecular complexity index is 1410. The summed E-state index contributed by atoms with van der Waals surface area (Å²) >= 11 is 0. The van der Waals surface area contributed by atoms with Gasteiger partial charge >= 0.3 is 0 Å². The van der Waals surface area contributed by atoms with E-state index in [4.69, 9.17) is 0 Å². The molecule has 33 heavy (non-hydrogen) atoms. The van der Waals surface area contributed by atoms with Gasteiger partial charge in [-0.05, 0) is 54.2 Å². The normalized spacial score (nSPS) is 14.2. The molecule has 0 unspecified atom stereocenters. The molecule has 162 valence electrons. The monoisotopic (exact) mass is 429 g/mol. The molecule has 3 heteroatoms. The van der Waals surface area contributed by atoms with Crippen LogP contribution in [-0.4, -0.2) is 16.2 Å². The largest absolute Gasteiger partial charge is 0.361 e. The molecule has 3 heterocycles. The first-order chi connectivity index (χ1) is 16.4. The lowest BCUT2D eigenvalue weighted by Crippen LogP contribution is -2.00. The molecule has 1 aliphatic heterocycles. The van der Waals surface area contributed by atoms with Crippen LogP contribution in [-0.2, 0) is 0 Å². The Kier molecular flexibility index (Phi) is 5.16. The van der Waals surface area contributed by atoms with E-state index in [9.17, 15) is 0 Å². The maximum Gasteiger partial charge on any atom is 0.0708 e. The Labute approximate surface area is 193 Å². The number of allylic oxidation sites excluding steroid dienone is 2. The number of fused-ring (bicyclic) bond motifs is 3. The molecule has 0 amide bonds. The zero-order valence-electron chi connectivity index (χ0n) is 18.6. The van der Waals surface area contributed by atoms with Crippen LogP contribution < -0.4 is 0 Å². The number of H-pyrrole nitrogens is 2. The highest BCUT2D eigenvalue weighted by molar-refractivity contribution is 6.16. The van der Waals surface area contributed by atoms with E-state index in [0.717, 1.165) is 18.5 Å². The summed E-state index contributed by atoms with van der Waals surface area (Å²) in [5, 5.41) is 2.65. The van der Waals surface area contributed by atoms with E-state index >= 15 is 0 Å².